The van der Waals surface area contributed by atoms with Crippen LogP contribution in [0.2, 0.25) is 0 Å². The quantitative estimate of drug-likeness (QED) is 0.489. The standard InChI is InChI=1S/C16H14N2O3/c1-11-3-5-13(6-4-11)8-14(9-17)16(19)20-10-15-7-12(2)21-18-15/h3-8H,10H2,1-2H3/b14-8+. The van der Waals surface area contributed by atoms with Gasteiger partial charge < -0.3 is 9.26 Å². The molecule has 5 heteroatoms. The Hall–Kier alpha value is -2.87. The average Bonchev–Trinajstić information content (AvgIpc) is 2.90. The third kappa shape index (κ3) is 4.05. The Bertz CT molecular complexity index is 706. The van der Waals surface area contributed by atoms with Gasteiger partial charge in [-0.25, -0.2) is 4.79 Å². The Morgan fingerprint density at radius 1 is 1.38 bits per heavy atom. The second kappa shape index (κ2) is 6.53. The highest BCUT2D eigenvalue weighted by molar-refractivity contribution is 5.97. The molecule has 0 saturated heterocycles. The molecule has 0 aliphatic rings. The first-order valence-corrected chi connectivity index (χ1v) is 6.36. The van der Waals surface area contributed by atoms with Gasteiger partial charge in [0, 0.05) is 6.07 Å². The average molecular weight is 282 g/mol. The van der Waals surface area contributed by atoms with Gasteiger partial charge in [0.2, 0.25) is 0 Å². The SMILES string of the molecule is Cc1ccc(/C=C(\C#N)C(=O)OCc2cc(C)on2)cc1. The Kier molecular flexibility index (Phi) is 4.52. The lowest BCUT2D eigenvalue weighted by Gasteiger charge is -2.01. The molecule has 1 heterocycles. The van der Waals surface area contributed by atoms with E-state index in [2.05, 4.69) is 5.16 Å². The fraction of sp³-hybridized carbons (Fsp3) is 0.188. The number of benzene rings is 1. The molecule has 1 aromatic heterocycles. The predicted molar refractivity (Wildman–Crippen MR) is 75.8 cm³/mol. The molecule has 21 heavy (non-hydrogen) atoms. The van der Waals surface area contributed by atoms with Crippen molar-refractivity contribution in [3.8, 4) is 6.07 Å². The number of hydrogen-bond donors (Lipinski definition) is 0. The summed E-state index contributed by atoms with van der Waals surface area (Å²) in [7, 11) is 0. The molecule has 0 fully saturated rings. The van der Waals surface area contributed by atoms with Crippen molar-refractivity contribution in [3.63, 3.8) is 0 Å². The summed E-state index contributed by atoms with van der Waals surface area (Å²) in [6, 6.07) is 11.0. The number of nitriles is 1. The maximum atomic E-state index is 11.9. The monoisotopic (exact) mass is 282 g/mol. The van der Waals surface area contributed by atoms with Crippen molar-refractivity contribution in [2.75, 3.05) is 0 Å². The molecular formula is C16H14N2O3. The Morgan fingerprint density at radius 2 is 2.10 bits per heavy atom. The zero-order chi connectivity index (χ0) is 15.2. The number of nitrogens with zero attached hydrogens (tertiary/aromatic N) is 2. The molecule has 106 valence electrons. The minimum Gasteiger partial charge on any atom is -0.455 e. The van der Waals surface area contributed by atoms with Gasteiger partial charge in [0.05, 0.1) is 0 Å². The second-order valence-electron chi connectivity index (χ2n) is 4.59. The zero-order valence-electron chi connectivity index (χ0n) is 11.8. The summed E-state index contributed by atoms with van der Waals surface area (Å²) in [6.45, 7) is 3.69. The first-order valence-electron chi connectivity index (χ1n) is 6.36. The molecule has 0 saturated carbocycles. The van der Waals surface area contributed by atoms with Crippen molar-refractivity contribution in [1.82, 2.24) is 5.16 Å². The van der Waals surface area contributed by atoms with Crippen LogP contribution in [0, 0.1) is 25.2 Å². The number of aromatic nitrogens is 1. The Balaban J connectivity index is 2.04. The number of carbonyl (C=O) groups is 1. The van der Waals surface area contributed by atoms with Gasteiger partial charge >= 0.3 is 5.97 Å². The number of esters is 1. The van der Waals surface area contributed by atoms with Crippen LogP contribution in [0.3, 0.4) is 0 Å². The summed E-state index contributed by atoms with van der Waals surface area (Å²) in [5, 5.41) is 12.8. The van der Waals surface area contributed by atoms with Crippen LogP contribution in [0.25, 0.3) is 6.08 Å². The lowest BCUT2D eigenvalue weighted by Crippen LogP contribution is -2.07. The van der Waals surface area contributed by atoms with Crippen LogP contribution in [0.1, 0.15) is 22.6 Å². The van der Waals surface area contributed by atoms with Crippen LogP contribution in [-0.4, -0.2) is 11.1 Å². The summed E-state index contributed by atoms with van der Waals surface area (Å²) in [6.07, 6.45) is 1.50. The second-order valence-corrected chi connectivity index (χ2v) is 4.59. The third-order valence-corrected chi connectivity index (χ3v) is 2.76. The smallest absolute Gasteiger partial charge is 0.349 e. The topological polar surface area (TPSA) is 76.1 Å². The Morgan fingerprint density at radius 3 is 2.67 bits per heavy atom. The lowest BCUT2D eigenvalue weighted by atomic mass is 10.1. The fourth-order valence-corrected chi connectivity index (χ4v) is 1.67. The van der Waals surface area contributed by atoms with Gasteiger partial charge in [-0.1, -0.05) is 35.0 Å². The summed E-state index contributed by atoms with van der Waals surface area (Å²) >= 11 is 0. The van der Waals surface area contributed by atoms with Gasteiger partial charge in [0.25, 0.3) is 0 Å². The van der Waals surface area contributed by atoms with Crippen molar-refractivity contribution in [1.29, 1.82) is 5.26 Å². The lowest BCUT2D eigenvalue weighted by molar-refractivity contribution is -0.139. The van der Waals surface area contributed by atoms with Crippen LogP contribution in [-0.2, 0) is 16.1 Å². The van der Waals surface area contributed by atoms with Crippen LogP contribution in [0.5, 0.6) is 0 Å². The van der Waals surface area contributed by atoms with E-state index in [0.29, 0.717) is 11.5 Å². The highest BCUT2D eigenvalue weighted by Crippen LogP contribution is 2.11. The molecular weight excluding hydrogens is 268 g/mol. The van der Waals surface area contributed by atoms with Crippen molar-refractivity contribution >= 4 is 12.0 Å². The maximum absolute atomic E-state index is 11.9. The van der Waals surface area contributed by atoms with E-state index in [1.807, 2.05) is 37.3 Å². The summed E-state index contributed by atoms with van der Waals surface area (Å²) < 4.78 is 9.91. The zero-order valence-corrected chi connectivity index (χ0v) is 11.8. The summed E-state index contributed by atoms with van der Waals surface area (Å²) in [5.74, 6) is -0.0459. The molecule has 0 amide bonds. The van der Waals surface area contributed by atoms with Gasteiger partial charge in [-0.05, 0) is 25.5 Å². The van der Waals surface area contributed by atoms with E-state index in [9.17, 15) is 4.79 Å². The van der Waals surface area contributed by atoms with E-state index in [-0.39, 0.29) is 12.2 Å². The molecule has 0 atom stereocenters. The largest absolute Gasteiger partial charge is 0.455 e. The third-order valence-electron chi connectivity index (χ3n) is 2.76. The van der Waals surface area contributed by atoms with Crippen molar-refractivity contribution in [2.24, 2.45) is 0 Å². The van der Waals surface area contributed by atoms with Crippen molar-refractivity contribution < 1.29 is 14.1 Å². The van der Waals surface area contributed by atoms with Gasteiger partial charge in [-0.15, -0.1) is 0 Å². The molecule has 0 unspecified atom stereocenters. The normalized spacial score (nSPS) is 11.0. The highest BCUT2D eigenvalue weighted by Gasteiger charge is 2.12. The first-order chi connectivity index (χ1) is 10.1. The molecule has 5 nitrogen and oxygen atoms in total. The van der Waals surface area contributed by atoms with Gasteiger partial charge in [0.15, 0.2) is 0 Å². The fourth-order valence-electron chi connectivity index (χ4n) is 1.67. The molecule has 1 aromatic carbocycles. The summed E-state index contributed by atoms with van der Waals surface area (Å²) in [4.78, 5) is 11.9. The van der Waals surface area contributed by atoms with E-state index >= 15 is 0 Å². The number of hydrogen-bond acceptors (Lipinski definition) is 5. The van der Waals surface area contributed by atoms with E-state index in [1.165, 1.54) is 6.08 Å². The number of ether oxygens (including phenoxy) is 1. The highest BCUT2D eigenvalue weighted by atomic mass is 16.5. The first kappa shape index (κ1) is 14.5. The molecule has 2 aromatic rings. The van der Waals surface area contributed by atoms with Crippen molar-refractivity contribution in [3.05, 3.63) is 58.5 Å². The van der Waals surface area contributed by atoms with Gasteiger partial charge in [-0.3, -0.25) is 0 Å². The van der Waals surface area contributed by atoms with Crippen molar-refractivity contribution in [2.45, 2.75) is 20.5 Å². The number of carbonyl (C=O) groups excluding carboxylic acids is 1. The molecule has 2 rings (SSSR count). The van der Waals surface area contributed by atoms with Gasteiger partial charge in [0.1, 0.15) is 29.7 Å². The van der Waals surface area contributed by atoms with Crippen LogP contribution >= 0.6 is 0 Å². The molecule has 0 bridgehead atoms. The Labute approximate surface area is 122 Å². The van der Waals surface area contributed by atoms with Gasteiger partial charge in [-0.2, -0.15) is 5.26 Å². The molecule has 0 N–H and O–H groups in total. The predicted octanol–water partition coefficient (Wildman–Crippen LogP) is 2.94. The van der Waals surface area contributed by atoms with Crippen LogP contribution in [0.15, 0.2) is 40.4 Å². The minimum absolute atomic E-state index is 0.0247. The van der Waals surface area contributed by atoms with E-state index in [1.54, 1.807) is 13.0 Å². The summed E-state index contributed by atoms with van der Waals surface area (Å²) in [5.41, 5.74) is 2.33. The molecule has 0 aliphatic heterocycles. The van der Waals surface area contributed by atoms with E-state index in [4.69, 9.17) is 14.5 Å². The minimum atomic E-state index is -0.682. The number of aryl methyl sites for hydroxylation is 2. The van der Waals surface area contributed by atoms with E-state index < -0.39 is 5.97 Å². The molecule has 0 spiro atoms. The van der Waals surface area contributed by atoms with E-state index in [0.717, 1.165) is 11.1 Å². The maximum Gasteiger partial charge on any atom is 0.349 e. The number of rotatable bonds is 4. The van der Waals surface area contributed by atoms with Crippen LogP contribution < -0.4 is 0 Å². The molecule has 0 radical (unpaired) electrons. The molecule has 0 aliphatic carbocycles. The van der Waals surface area contributed by atoms with Crippen LogP contribution in [0.4, 0.5) is 0 Å².